The summed E-state index contributed by atoms with van der Waals surface area (Å²) in [5, 5.41) is 7.62. The Hall–Kier alpha value is -3.19. The lowest BCUT2D eigenvalue weighted by atomic mass is 10.2. The van der Waals surface area contributed by atoms with Crippen LogP contribution in [0.2, 0.25) is 5.02 Å². The van der Waals surface area contributed by atoms with Crippen LogP contribution in [0.25, 0.3) is 0 Å². The van der Waals surface area contributed by atoms with Gasteiger partial charge in [-0.2, -0.15) is 5.10 Å². The maximum atomic E-state index is 12.4. The Morgan fingerprint density at radius 1 is 1.00 bits per heavy atom. The van der Waals surface area contributed by atoms with Crippen LogP contribution < -0.4 is 19.5 Å². The number of carbonyl (C=O) groups is 1. The van der Waals surface area contributed by atoms with Crippen LogP contribution in [-0.2, 0) is 13.3 Å². The molecule has 0 aliphatic carbocycles. The van der Waals surface area contributed by atoms with Gasteiger partial charge in [0.1, 0.15) is 11.4 Å². The minimum atomic E-state index is -0.279. The zero-order chi connectivity index (χ0) is 21.3. The summed E-state index contributed by atoms with van der Waals surface area (Å²) in [7, 11) is 0. The first kappa shape index (κ1) is 21.5. The normalized spacial score (nSPS) is 10.5. The maximum Gasteiger partial charge on any atom is 0.272 e. The van der Waals surface area contributed by atoms with E-state index in [0.29, 0.717) is 47.7 Å². The average Bonchev–Trinajstić information content (AvgIpc) is 3.22. The predicted molar refractivity (Wildman–Crippen MR) is 114 cm³/mol. The van der Waals surface area contributed by atoms with Crippen LogP contribution in [-0.4, -0.2) is 28.9 Å². The molecule has 1 heterocycles. The van der Waals surface area contributed by atoms with Crippen LogP contribution in [0.1, 0.15) is 29.9 Å². The highest BCUT2D eigenvalue weighted by molar-refractivity contribution is 6.32. The highest BCUT2D eigenvalue weighted by Gasteiger charge is 2.11. The summed E-state index contributed by atoms with van der Waals surface area (Å²) < 4.78 is 18.3. The molecule has 0 aliphatic rings. The third kappa shape index (κ3) is 5.67. The highest BCUT2D eigenvalue weighted by atomic mass is 35.5. The molecule has 0 atom stereocenters. The summed E-state index contributed by atoms with van der Waals surface area (Å²) in [6, 6.07) is 14.4. The van der Waals surface area contributed by atoms with Crippen LogP contribution in [0, 0.1) is 0 Å². The van der Waals surface area contributed by atoms with Crippen LogP contribution in [0.15, 0.2) is 54.7 Å². The van der Waals surface area contributed by atoms with E-state index in [2.05, 4.69) is 10.4 Å². The lowest BCUT2D eigenvalue weighted by Crippen LogP contribution is -2.23. The van der Waals surface area contributed by atoms with Crippen LogP contribution in [0.3, 0.4) is 0 Å². The van der Waals surface area contributed by atoms with Gasteiger partial charge >= 0.3 is 0 Å². The number of hydrogen-bond acceptors (Lipinski definition) is 5. The van der Waals surface area contributed by atoms with E-state index in [1.165, 1.54) is 4.68 Å². The zero-order valence-corrected chi connectivity index (χ0v) is 17.7. The van der Waals surface area contributed by atoms with Crippen molar-refractivity contribution in [2.24, 2.45) is 0 Å². The molecule has 0 spiro atoms. The standard InChI is InChI=1S/C22H24ClN3O4/c1-3-28-20-10-9-16(13-21(20)29-4-2)14-24-22(27)18-11-12-26(25-18)15-30-19-8-6-5-7-17(19)23/h5-13H,3-4,14-15H2,1-2H3,(H,24,27). The monoisotopic (exact) mass is 429 g/mol. The summed E-state index contributed by atoms with van der Waals surface area (Å²) in [5.74, 6) is 1.62. The molecule has 7 nitrogen and oxygen atoms in total. The topological polar surface area (TPSA) is 74.6 Å². The van der Waals surface area contributed by atoms with Crippen molar-refractivity contribution < 1.29 is 19.0 Å². The van der Waals surface area contributed by atoms with Gasteiger partial charge in [-0.3, -0.25) is 4.79 Å². The van der Waals surface area contributed by atoms with Gasteiger partial charge in [0.15, 0.2) is 18.2 Å². The van der Waals surface area contributed by atoms with Gasteiger partial charge in [0.05, 0.1) is 18.2 Å². The van der Waals surface area contributed by atoms with Crippen molar-refractivity contribution in [3.8, 4) is 17.2 Å². The minimum Gasteiger partial charge on any atom is -0.490 e. The Labute approximate surface area is 180 Å². The van der Waals surface area contributed by atoms with E-state index in [0.717, 1.165) is 5.56 Å². The van der Waals surface area contributed by atoms with Gasteiger partial charge in [0.25, 0.3) is 5.91 Å². The largest absolute Gasteiger partial charge is 0.490 e. The van der Waals surface area contributed by atoms with Gasteiger partial charge < -0.3 is 19.5 Å². The summed E-state index contributed by atoms with van der Waals surface area (Å²) in [6.45, 7) is 5.41. The van der Waals surface area contributed by atoms with E-state index in [1.807, 2.05) is 44.2 Å². The molecule has 1 amide bonds. The van der Waals surface area contributed by atoms with Gasteiger partial charge in [-0.15, -0.1) is 0 Å². The average molecular weight is 430 g/mol. The molecule has 0 saturated carbocycles. The Morgan fingerprint density at radius 2 is 1.77 bits per heavy atom. The second kappa shape index (κ2) is 10.5. The van der Waals surface area contributed by atoms with Crippen molar-refractivity contribution in [1.29, 1.82) is 0 Å². The number of carbonyl (C=O) groups excluding carboxylic acids is 1. The summed E-state index contributed by atoms with van der Waals surface area (Å²) >= 11 is 6.07. The zero-order valence-electron chi connectivity index (χ0n) is 16.9. The van der Waals surface area contributed by atoms with E-state index in [-0.39, 0.29) is 12.6 Å². The van der Waals surface area contributed by atoms with E-state index in [9.17, 15) is 4.79 Å². The third-order valence-electron chi connectivity index (χ3n) is 4.12. The number of hydrogen-bond donors (Lipinski definition) is 1. The van der Waals surface area contributed by atoms with Crippen LogP contribution in [0.5, 0.6) is 17.2 Å². The molecule has 8 heteroatoms. The molecular formula is C22H24ClN3O4. The molecule has 0 fully saturated rings. The molecule has 0 saturated heterocycles. The van der Waals surface area contributed by atoms with Gasteiger partial charge in [0, 0.05) is 12.7 Å². The second-order valence-electron chi connectivity index (χ2n) is 6.27. The molecule has 3 rings (SSSR count). The number of amides is 1. The molecule has 2 aromatic carbocycles. The fourth-order valence-corrected chi connectivity index (χ4v) is 2.92. The number of aromatic nitrogens is 2. The quantitative estimate of drug-likeness (QED) is 0.520. The fraction of sp³-hybridized carbons (Fsp3) is 0.273. The molecule has 0 bridgehead atoms. The molecule has 158 valence electrons. The van der Waals surface area contributed by atoms with E-state index >= 15 is 0 Å². The third-order valence-corrected chi connectivity index (χ3v) is 4.44. The van der Waals surface area contributed by atoms with E-state index in [1.54, 1.807) is 24.4 Å². The van der Waals surface area contributed by atoms with Crippen molar-refractivity contribution in [3.63, 3.8) is 0 Å². The number of benzene rings is 2. The van der Waals surface area contributed by atoms with Crippen molar-refractivity contribution in [2.75, 3.05) is 13.2 Å². The van der Waals surface area contributed by atoms with Gasteiger partial charge in [-0.1, -0.05) is 29.8 Å². The molecule has 1 N–H and O–H groups in total. The molecular weight excluding hydrogens is 406 g/mol. The van der Waals surface area contributed by atoms with Gasteiger partial charge in [-0.25, -0.2) is 4.68 Å². The number of nitrogens with one attached hydrogen (secondary N) is 1. The smallest absolute Gasteiger partial charge is 0.272 e. The van der Waals surface area contributed by atoms with E-state index < -0.39 is 0 Å². The molecule has 0 aliphatic heterocycles. The molecule has 1 aromatic heterocycles. The fourth-order valence-electron chi connectivity index (χ4n) is 2.73. The first-order valence-electron chi connectivity index (χ1n) is 9.68. The minimum absolute atomic E-state index is 0.146. The first-order valence-corrected chi connectivity index (χ1v) is 10.1. The summed E-state index contributed by atoms with van der Waals surface area (Å²) in [6.07, 6.45) is 1.68. The van der Waals surface area contributed by atoms with Crippen LogP contribution >= 0.6 is 11.6 Å². The maximum absolute atomic E-state index is 12.4. The SMILES string of the molecule is CCOc1ccc(CNC(=O)c2ccn(COc3ccccc3Cl)n2)cc1OCC. The summed E-state index contributed by atoms with van der Waals surface area (Å²) in [4.78, 5) is 12.4. The number of nitrogens with zero attached hydrogens (tertiary/aromatic N) is 2. The number of halogens is 1. The molecule has 3 aromatic rings. The Bertz CT molecular complexity index is 990. The Kier molecular flexibility index (Phi) is 7.57. The van der Waals surface area contributed by atoms with Gasteiger partial charge in [-0.05, 0) is 49.7 Å². The van der Waals surface area contributed by atoms with Crippen molar-refractivity contribution in [1.82, 2.24) is 15.1 Å². The lowest BCUT2D eigenvalue weighted by Gasteiger charge is -2.12. The number of para-hydroxylation sites is 1. The Balaban J connectivity index is 1.56. The number of ether oxygens (including phenoxy) is 3. The first-order chi connectivity index (χ1) is 14.6. The van der Waals surface area contributed by atoms with Gasteiger partial charge in [0.2, 0.25) is 0 Å². The van der Waals surface area contributed by atoms with Crippen molar-refractivity contribution >= 4 is 17.5 Å². The highest BCUT2D eigenvalue weighted by Crippen LogP contribution is 2.28. The molecule has 0 unspecified atom stereocenters. The van der Waals surface area contributed by atoms with Crippen molar-refractivity contribution in [3.05, 3.63) is 71.0 Å². The summed E-state index contributed by atoms with van der Waals surface area (Å²) in [5.41, 5.74) is 1.20. The molecule has 0 radical (unpaired) electrons. The van der Waals surface area contributed by atoms with E-state index in [4.69, 9.17) is 25.8 Å². The van der Waals surface area contributed by atoms with Crippen LogP contribution in [0.4, 0.5) is 0 Å². The number of rotatable bonds is 10. The van der Waals surface area contributed by atoms with Crippen molar-refractivity contribution in [2.45, 2.75) is 27.1 Å². The molecule has 30 heavy (non-hydrogen) atoms. The lowest BCUT2D eigenvalue weighted by molar-refractivity contribution is 0.0943. The predicted octanol–water partition coefficient (Wildman–Crippen LogP) is 4.30. The Morgan fingerprint density at radius 3 is 2.53 bits per heavy atom. The second-order valence-corrected chi connectivity index (χ2v) is 6.68.